The third kappa shape index (κ3) is 3.18. The minimum atomic E-state index is -4.26. The summed E-state index contributed by atoms with van der Waals surface area (Å²) in [5, 5.41) is 16.2. The van der Waals surface area contributed by atoms with Crippen molar-refractivity contribution < 1.29 is 17.9 Å². The Hall–Kier alpha value is -2.62. The van der Waals surface area contributed by atoms with Crippen LogP contribution in [0.4, 0.5) is 13.2 Å². The molecular weight excluding hydrogens is 319 g/mol. The number of aromatic nitrogens is 2. The first-order chi connectivity index (χ1) is 11.3. The second-order valence-electron chi connectivity index (χ2n) is 5.85. The smallest absolute Gasteiger partial charge is 0.395 e. The predicted molar refractivity (Wildman–Crippen MR) is 79.2 cm³/mol. The third-order valence-corrected chi connectivity index (χ3v) is 4.19. The monoisotopic (exact) mass is 333 g/mol. The van der Waals surface area contributed by atoms with E-state index in [1.807, 2.05) is 6.07 Å². The molecule has 3 rings (SSSR count). The molecule has 0 bridgehead atoms. The molecule has 124 valence electrons. The zero-order chi connectivity index (χ0) is 17.4. The van der Waals surface area contributed by atoms with E-state index < -0.39 is 17.7 Å². The first kappa shape index (κ1) is 16.2. The maximum Gasteiger partial charge on any atom is 0.395 e. The van der Waals surface area contributed by atoms with Gasteiger partial charge in [-0.05, 0) is 37.0 Å². The van der Waals surface area contributed by atoms with Crippen molar-refractivity contribution in [3.05, 3.63) is 53.2 Å². The lowest BCUT2D eigenvalue weighted by molar-refractivity contribution is -0.146. The molecule has 1 aliphatic carbocycles. The van der Waals surface area contributed by atoms with E-state index in [0.29, 0.717) is 5.88 Å². The summed E-state index contributed by atoms with van der Waals surface area (Å²) in [5.74, 6) is -1.22. The van der Waals surface area contributed by atoms with Crippen LogP contribution in [0.5, 0.6) is 5.88 Å². The Balaban J connectivity index is 1.77. The van der Waals surface area contributed by atoms with Crippen LogP contribution in [0.2, 0.25) is 0 Å². The van der Waals surface area contributed by atoms with Gasteiger partial charge in [0.05, 0.1) is 5.92 Å². The van der Waals surface area contributed by atoms with E-state index in [0.717, 1.165) is 25.3 Å². The van der Waals surface area contributed by atoms with Crippen LogP contribution < -0.4 is 4.74 Å². The molecule has 2 aromatic rings. The SMILES string of the molecule is CC(c1ccc(C2(Oc3ccc(C#N)nn3)CC2)cc1)C(F)(F)F. The van der Waals surface area contributed by atoms with Crippen LogP contribution in [0.1, 0.15) is 42.5 Å². The van der Waals surface area contributed by atoms with Crippen molar-refractivity contribution in [3.63, 3.8) is 0 Å². The summed E-state index contributed by atoms with van der Waals surface area (Å²) in [6.07, 6.45) is -2.75. The van der Waals surface area contributed by atoms with Crippen molar-refractivity contribution in [1.82, 2.24) is 10.2 Å². The number of rotatable bonds is 4. The van der Waals surface area contributed by atoms with Crippen LogP contribution in [0.3, 0.4) is 0 Å². The minimum absolute atomic E-state index is 0.192. The summed E-state index contributed by atoms with van der Waals surface area (Å²) in [6, 6.07) is 11.3. The largest absolute Gasteiger partial charge is 0.465 e. The van der Waals surface area contributed by atoms with E-state index in [4.69, 9.17) is 10.00 Å². The average molecular weight is 333 g/mol. The van der Waals surface area contributed by atoms with E-state index >= 15 is 0 Å². The fourth-order valence-corrected chi connectivity index (χ4v) is 2.46. The summed E-state index contributed by atoms with van der Waals surface area (Å²) < 4.78 is 44.2. The number of hydrogen-bond donors (Lipinski definition) is 0. The molecule has 0 N–H and O–H groups in total. The fraction of sp³-hybridized carbons (Fsp3) is 0.353. The number of hydrogen-bond acceptors (Lipinski definition) is 4. The van der Waals surface area contributed by atoms with Crippen molar-refractivity contribution in [2.75, 3.05) is 0 Å². The molecule has 0 saturated heterocycles. The summed E-state index contributed by atoms with van der Waals surface area (Å²) >= 11 is 0. The fourth-order valence-electron chi connectivity index (χ4n) is 2.46. The quantitative estimate of drug-likeness (QED) is 0.846. The number of benzene rings is 1. The van der Waals surface area contributed by atoms with Gasteiger partial charge in [-0.25, -0.2) is 0 Å². The lowest BCUT2D eigenvalue weighted by Gasteiger charge is -2.20. The zero-order valence-electron chi connectivity index (χ0n) is 12.8. The lowest BCUT2D eigenvalue weighted by atomic mass is 9.97. The Morgan fingerprint density at radius 2 is 1.79 bits per heavy atom. The molecule has 1 aromatic carbocycles. The maximum atomic E-state index is 12.8. The molecule has 1 aliphatic rings. The molecular formula is C17H14F3N3O. The van der Waals surface area contributed by atoms with Gasteiger partial charge in [0.2, 0.25) is 5.88 Å². The van der Waals surface area contributed by atoms with Gasteiger partial charge in [-0.3, -0.25) is 0 Å². The van der Waals surface area contributed by atoms with E-state index in [1.54, 1.807) is 18.2 Å². The number of nitriles is 1. The van der Waals surface area contributed by atoms with Gasteiger partial charge in [0.1, 0.15) is 11.7 Å². The summed E-state index contributed by atoms with van der Waals surface area (Å²) in [5.41, 5.74) is 0.660. The highest BCUT2D eigenvalue weighted by molar-refractivity contribution is 5.34. The van der Waals surface area contributed by atoms with E-state index in [-0.39, 0.29) is 11.3 Å². The van der Waals surface area contributed by atoms with E-state index in [9.17, 15) is 13.2 Å². The van der Waals surface area contributed by atoms with Crippen LogP contribution in [-0.2, 0) is 5.60 Å². The van der Waals surface area contributed by atoms with Crippen molar-refractivity contribution in [2.45, 2.75) is 37.5 Å². The van der Waals surface area contributed by atoms with Crippen LogP contribution in [0, 0.1) is 11.3 Å². The van der Waals surface area contributed by atoms with Gasteiger partial charge in [-0.15, -0.1) is 10.2 Å². The normalized spacial score (nSPS) is 17.0. The number of alkyl halides is 3. The van der Waals surface area contributed by atoms with E-state index in [1.165, 1.54) is 18.2 Å². The number of ether oxygens (including phenoxy) is 1. The maximum absolute atomic E-state index is 12.8. The lowest BCUT2D eigenvalue weighted by Crippen LogP contribution is -2.19. The Kier molecular flexibility index (Phi) is 3.91. The average Bonchev–Trinajstić information content (AvgIpc) is 3.35. The van der Waals surface area contributed by atoms with Crippen LogP contribution >= 0.6 is 0 Å². The summed E-state index contributed by atoms with van der Waals surface area (Å²) in [4.78, 5) is 0. The second kappa shape index (κ2) is 5.78. The van der Waals surface area contributed by atoms with Crippen LogP contribution in [-0.4, -0.2) is 16.4 Å². The van der Waals surface area contributed by atoms with Crippen molar-refractivity contribution in [2.24, 2.45) is 0 Å². The standard InChI is InChI=1S/C17H14F3N3O/c1-11(17(18,19)20)12-2-4-13(5-3-12)16(8-9-16)24-15-7-6-14(10-21)22-23-15/h2-7,11H,8-9H2,1H3. The molecule has 1 atom stereocenters. The van der Waals surface area contributed by atoms with Gasteiger partial charge in [-0.1, -0.05) is 24.3 Å². The van der Waals surface area contributed by atoms with Crippen molar-refractivity contribution >= 4 is 0 Å². The molecule has 1 heterocycles. The summed E-state index contributed by atoms with van der Waals surface area (Å²) in [6.45, 7) is 1.14. The molecule has 0 amide bonds. The Morgan fingerprint density at radius 3 is 2.25 bits per heavy atom. The van der Waals surface area contributed by atoms with Gasteiger partial charge in [0.25, 0.3) is 0 Å². The van der Waals surface area contributed by atoms with Gasteiger partial charge < -0.3 is 4.74 Å². The Morgan fingerprint density at radius 1 is 1.12 bits per heavy atom. The zero-order valence-corrected chi connectivity index (χ0v) is 12.8. The molecule has 1 aromatic heterocycles. The molecule has 0 radical (unpaired) electrons. The first-order valence-electron chi connectivity index (χ1n) is 7.44. The Labute approximate surface area is 136 Å². The number of nitrogens with zero attached hydrogens (tertiary/aromatic N) is 3. The molecule has 1 saturated carbocycles. The number of halogens is 3. The highest BCUT2D eigenvalue weighted by Gasteiger charge is 2.48. The van der Waals surface area contributed by atoms with Gasteiger partial charge >= 0.3 is 6.18 Å². The summed E-state index contributed by atoms with van der Waals surface area (Å²) in [7, 11) is 0. The van der Waals surface area contributed by atoms with E-state index in [2.05, 4.69) is 10.2 Å². The van der Waals surface area contributed by atoms with Gasteiger partial charge in [0.15, 0.2) is 5.69 Å². The predicted octanol–water partition coefficient (Wildman–Crippen LogP) is 4.08. The minimum Gasteiger partial charge on any atom is -0.465 e. The Bertz CT molecular complexity index is 760. The highest BCUT2D eigenvalue weighted by Crippen LogP contribution is 2.49. The molecule has 7 heteroatoms. The first-order valence-corrected chi connectivity index (χ1v) is 7.44. The van der Waals surface area contributed by atoms with Gasteiger partial charge in [-0.2, -0.15) is 18.4 Å². The molecule has 4 nitrogen and oxygen atoms in total. The molecule has 1 fully saturated rings. The highest BCUT2D eigenvalue weighted by atomic mass is 19.4. The molecule has 0 aliphatic heterocycles. The molecule has 0 spiro atoms. The topological polar surface area (TPSA) is 58.8 Å². The van der Waals surface area contributed by atoms with Crippen LogP contribution in [0.25, 0.3) is 0 Å². The third-order valence-electron chi connectivity index (χ3n) is 4.19. The van der Waals surface area contributed by atoms with Crippen molar-refractivity contribution in [3.8, 4) is 11.9 Å². The molecule has 24 heavy (non-hydrogen) atoms. The molecule has 1 unspecified atom stereocenters. The van der Waals surface area contributed by atoms with Crippen molar-refractivity contribution in [1.29, 1.82) is 5.26 Å². The van der Waals surface area contributed by atoms with Crippen LogP contribution in [0.15, 0.2) is 36.4 Å². The second-order valence-corrected chi connectivity index (χ2v) is 5.85. The van der Waals surface area contributed by atoms with Gasteiger partial charge in [0, 0.05) is 6.07 Å².